The first kappa shape index (κ1) is 17.9. The second-order valence-corrected chi connectivity index (χ2v) is 8.19. The van der Waals surface area contributed by atoms with Crippen LogP contribution >= 0.6 is 34.3 Å². The van der Waals surface area contributed by atoms with Gasteiger partial charge in [-0.1, -0.05) is 23.7 Å². The van der Waals surface area contributed by atoms with Crippen molar-refractivity contribution in [3.63, 3.8) is 0 Å². The van der Waals surface area contributed by atoms with Gasteiger partial charge < -0.3 is 9.32 Å². The fourth-order valence-corrected chi connectivity index (χ4v) is 4.14. The van der Waals surface area contributed by atoms with Crippen LogP contribution in [0.25, 0.3) is 10.8 Å². The molecule has 25 heavy (non-hydrogen) atoms. The molecule has 0 aliphatic carbocycles. The minimum atomic E-state index is -0.0152. The van der Waals surface area contributed by atoms with Gasteiger partial charge in [-0.25, -0.2) is 4.98 Å². The molecule has 0 aliphatic rings. The number of thiophene rings is 2. The zero-order valence-electron chi connectivity index (χ0n) is 13.7. The van der Waals surface area contributed by atoms with Gasteiger partial charge in [0.05, 0.1) is 27.9 Å². The molecule has 0 saturated carbocycles. The van der Waals surface area contributed by atoms with Crippen molar-refractivity contribution in [2.24, 2.45) is 0 Å². The summed E-state index contributed by atoms with van der Waals surface area (Å²) in [4.78, 5) is 21.0. The second-order valence-electron chi connectivity index (χ2n) is 5.44. The lowest BCUT2D eigenvalue weighted by atomic mass is 10.2. The Hall–Kier alpha value is -1.89. The van der Waals surface area contributed by atoms with E-state index >= 15 is 0 Å². The monoisotopic (exact) mass is 392 g/mol. The molecule has 0 spiro atoms. The summed E-state index contributed by atoms with van der Waals surface area (Å²) in [6.45, 7) is 6.57. The van der Waals surface area contributed by atoms with Crippen LogP contribution in [0.2, 0.25) is 4.34 Å². The predicted octanol–water partition coefficient (Wildman–Crippen LogP) is 5.18. The summed E-state index contributed by atoms with van der Waals surface area (Å²) in [6, 6.07) is 7.67. The largest absolute Gasteiger partial charge is 0.440 e. The first-order valence-corrected chi connectivity index (χ1v) is 9.77. The van der Waals surface area contributed by atoms with Crippen LogP contribution in [-0.2, 0) is 17.8 Å². The zero-order valence-corrected chi connectivity index (χ0v) is 16.1. The molecule has 3 heterocycles. The fraction of sp³-hybridized carbons (Fsp3) is 0.222. The molecule has 0 fully saturated rings. The highest BCUT2D eigenvalue weighted by Gasteiger charge is 2.19. The summed E-state index contributed by atoms with van der Waals surface area (Å²) in [5.74, 6) is 1.23. The highest BCUT2D eigenvalue weighted by Crippen LogP contribution is 2.27. The standard InChI is InChI=1S/C18H17ClN2O2S2/c1-3-8-21(11-13-6-7-16(19)25-13)17(22)10-14-12(2)23-18(20-14)15-5-4-9-24-15/h3-7,9H,1,8,10-11H2,2H3. The molecule has 7 heteroatoms. The third-order valence-corrected chi connectivity index (χ3v) is 5.69. The molecular formula is C18H17ClN2O2S2. The van der Waals surface area contributed by atoms with E-state index < -0.39 is 0 Å². The van der Waals surface area contributed by atoms with Gasteiger partial charge in [0.15, 0.2) is 0 Å². The molecule has 0 aliphatic heterocycles. The van der Waals surface area contributed by atoms with Crippen molar-refractivity contribution >= 4 is 40.2 Å². The number of aromatic nitrogens is 1. The molecule has 3 aromatic rings. The van der Waals surface area contributed by atoms with Crippen LogP contribution < -0.4 is 0 Å². The third-order valence-electron chi connectivity index (χ3n) is 3.62. The maximum atomic E-state index is 12.7. The number of aryl methyl sites for hydroxylation is 1. The molecule has 0 saturated heterocycles. The lowest BCUT2D eigenvalue weighted by molar-refractivity contribution is -0.130. The van der Waals surface area contributed by atoms with Gasteiger partial charge in [0.1, 0.15) is 5.76 Å². The number of carbonyl (C=O) groups is 1. The van der Waals surface area contributed by atoms with Crippen LogP contribution in [0.1, 0.15) is 16.3 Å². The number of halogens is 1. The average Bonchev–Trinajstić information content (AvgIpc) is 3.30. The SMILES string of the molecule is C=CCN(Cc1ccc(Cl)s1)C(=O)Cc1nc(-c2cccs2)oc1C. The number of carbonyl (C=O) groups excluding carboxylic acids is 1. The van der Waals surface area contributed by atoms with E-state index in [2.05, 4.69) is 11.6 Å². The number of hydrogen-bond acceptors (Lipinski definition) is 5. The number of rotatable bonds is 7. The van der Waals surface area contributed by atoms with E-state index in [1.54, 1.807) is 22.3 Å². The van der Waals surface area contributed by atoms with Gasteiger partial charge in [0.2, 0.25) is 11.8 Å². The molecule has 0 aromatic carbocycles. The van der Waals surface area contributed by atoms with E-state index in [0.29, 0.717) is 34.8 Å². The Bertz CT molecular complexity index is 868. The van der Waals surface area contributed by atoms with Crippen LogP contribution in [-0.4, -0.2) is 22.3 Å². The van der Waals surface area contributed by atoms with Crippen molar-refractivity contribution in [3.05, 3.63) is 63.0 Å². The normalized spacial score (nSPS) is 10.8. The Labute approximate surface area is 159 Å². The Morgan fingerprint density at radius 3 is 2.92 bits per heavy atom. The van der Waals surface area contributed by atoms with Crippen molar-refractivity contribution in [3.8, 4) is 10.8 Å². The highest BCUT2D eigenvalue weighted by molar-refractivity contribution is 7.16. The maximum Gasteiger partial charge on any atom is 0.236 e. The van der Waals surface area contributed by atoms with Gasteiger partial charge in [0, 0.05) is 11.4 Å². The summed E-state index contributed by atoms with van der Waals surface area (Å²) >= 11 is 9.01. The molecule has 0 radical (unpaired) electrons. The third kappa shape index (κ3) is 4.39. The molecular weight excluding hydrogens is 376 g/mol. The van der Waals surface area contributed by atoms with Crippen LogP contribution in [0.3, 0.4) is 0 Å². The van der Waals surface area contributed by atoms with Crippen molar-refractivity contribution < 1.29 is 9.21 Å². The molecule has 130 valence electrons. The topological polar surface area (TPSA) is 46.3 Å². The first-order valence-electron chi connectivity index (χ1n) is 7.70. The molecule has 1 amide bonds. The lowest BCUT2D eigenvalue weighted by Gasteiger charge is -2.20. The van der Waals surface area contributed by atoms with Crippen molar-refractivity contribution in [2.75, 3.05) is 6.54 Å². The van der Waals surface area contributed by atoms with Gasteiger partial charge >= 0.3 is 0 Å². The average molecular weight is 393 g/mol. The summed E-state index contributed by atoms with van der Waals surface area (Å²) in [5, 5.41) is 1.97. The Balaban J connectivity index is 1.73. The Morgan fingerprint density at radius 1 is 1.44 bits per heavy atom. The Kier molecular flexibility index (Phi) is 5.73. The second kappa shape index (κ2) is 7.99. The van der Waals surface area contributed by atoms with Crippen LogP contribution in [0.5, 0.6) is 0 Å². The maximum absolute atomic E-state index is 12.7. The van der Waals surface area contributed by atoms with Gasteiger partial charge in [-0.05, 0) is 30.5 Å². The van der Waals surface area contributed by atoms with E-state index in [0.717, 1.165) is 9.75 Å². The molecule has 3 aromatic heterocycles. The van der Waals surface area contributed by atoms with E-state index in [4.69, 9.17) is 16.0 Å². The summed E-state index contributed by atoms with van der Waals surface area (Å²) in [6.07, 6.45) is 1.92. The number of nitrogens with zero attached hydrogens (tertiary/aromatic N) is 2. The molecule has 0 bridgehead atoms. The van der Waals surface area contributed by atoms with Crippen LogP contribution in [0, 0.1) is 6.92 Å². The smallest absolute Gasteiger partial charge is 0.236 e. The van der Waals surface area contributed by atoms with E-state index in [1.807, 2.05) is 36.6 Å². The van der Waals surface area contributed by atoms with Crippen molar-refractivity contribution in [1.29, 1.82) is 0 Å². The molecule has 4 nitrogen and oxygen atoms in total. The Morgan fingerprint density at radius 2 is 2.28 bits per heavy atom. The highest BCUT2D eigenvalue weighted by atomic mass is 35.5. The summed E-state index contributed by atoms with van der Waals surface area (Å²) in [7, 11) is 0. The fourth-order valence-electron chi connectivity index (χ4n) is 2.39. The number of amides is 1. The van der Waals surface area contributed by atoms with E-state index in [-0.39, 0.29) is 12.3 Å². The van der Waals surface area contributed by atoms with Gasteiger partial charge in [-0.2, -0.15) is 0 Å². The minimum Gasteiger partial charge on any atom is -0.440 e. The lowest BCUT2D eigenvalue weighted by Crippen LogP contribution is -2.32. The van der Waals surface area contributed by atoms with Gasteiger partial charge in [-0.3, -0.25) is 4.79 Å². The van der Waals surface area contributed by atoms with E-state index in [9.17, 15) is 4.79 Å². The minimum absolute atomic E-state index is 0.0152. The van der Waals surface area contributed by atoms with Gasteiger partial charge in [0.25, 0.3) is 0 Å². The van der Waals surface area contributed by atoms with Crippen LogP contribution in [0.4, 0.5) is 0 Å². The molecule has 0 unspecified atom stereocenters. The molecule has 0 N–H and O–H groups in total. The van der Waals surface area contributed by atoms with Crippen LogP contribution in [0.15, 0.2) is 46.7 Å². The first-order chi connectivity index (χ1) is 12.1. The molecule has 3 rings (SSSR count). The predicted molar refractivity (Wildman–Crippen MR) is 103 cm³/mol. The number of oxazole rings is 1. The summed E-state index contributed by atoms with van der Waals surface area (Å²) < 4.78 is 6.43. The van der Waals surface area contributed by atoms with E-state index in [1.165, 1.54) is 11.3 Å². The zero-order chi connectivity index (χ0) is 17.8. The van der Waals surface area contributed by atoms with Crippen molar-refractivity contribution in [1.82, 2.24) is 9.88 Å². The molecule has 0 atom stereocenters. The summed E-state index contributed by atoms with van der Waals surface area (Å²) in [5.41, 5.74) is 0.673. The number of hydrogen-bond donors (Lipinski definition) is 0. The van der Waals surface area contributed by atoms with Crippen molar-refractivity contribution in [2.45, 2.75) is 19.9 Å². The van der Waals surface area contributed by atoms with Gasteiger partial charge in [-0.15, -0.1) is 29.3 Å². The quantitative estimate of drug-likeness (QED) is 0.520.